The van der Waals surface area contributed by atoms with Gasteiger partial charge in [-0.25, -0.2) is 9.59 Å². The van der Waals surface area contributed by atoms with Crippen LogP contribution in [0.2, 0.25) is 0 Å². The Morgan fingerprint density at radius 2 is 2.17 bits per heavy atom. The Balaban J connectivity index is 2.05. The third-order valence-corrected chi connectivity index (χ3v) is 4.58. The van der Waals surface area contributed by atoms with Gasteiger partial charge in [0.15, 0.2) is 0 Å². The number of aliphatic carboxylic acids is 1. The molecule has 1 aliphatic heterocycles. The van der Waals surface area contributed by atoms with E-state index in [0.717, 1.165) is 18.4 Å². The minimum absolute atomic E-state index is 0.0243. The molecule has 6 heteroatoms. The predicted octanol–water partition coefficient (Wildman–Crippen LogP) is 1.51. The summed E-state index contributed by atoms with van der Waals surface area (Å²) < 4.78 is 0. The lowest BCUT2D eigenvalue weighted by atomic mass is 10.2. The van der Waals surface area contributed by atoms with Gasteiger partial charge in [0.2, 0.25) is 0 Å². The SMILES string of the molecule is C=C(C)CNC(=O)N1C(C(=O)O)CSC1C1CC1. The minimum Gasteiger partial charge on any atom is -0.480 e. The fourth-order valence-corrected chi connectivity index (χ4v) is 3.67. The van der Waals surface area contributed by atoms with Crippen LogP contribution in [0.3, 0.4) is 0 Å². The van der Waals surface area contributed by atoms with E-state index in [1.54, 1.807) is 11.8 Å². The van der Waals surface area contributed by atoms with Gasteiger partial charge in [0.05, 0.1) is 5.37 Å². The van der Waals surface area contributed by atoms with Crippen LogP contribution in [-0.2, 0) is 4.79 Å². The summed E-state index contributed by atoms with van der Waals surface area (Å²) in [5.41, 5.74) is 0.852. The maximum atomic E-state index is 12.1. The van der Waals surface area contributed by atoms with Gasteiger partial charge in [-0.1, -0.05) is 12.2 Å². The molecule has 2 fully saturated rings. The van der Waals surface area contributed by atoms with Crippen LogP contribution < -0.4 is 5.32 Å². The molecule has 2 rings (SSSR count). The second-order valence-corrected chi connectivity index (χ2v) is 6.09. The summed E-state index contributed by atoms with van der Waals surface area (Å²) >= 11 is 1.58. The van der Waals surface area contributed by atoms with Crippen LogP contribution in [0.5, 0.6) is 0 Å². The average molecular weight is 270 g/mol. The predicted molar refractivity (Wildman–Crippen MR) is 70.4 cm³/mol. The molecular formula is C12H18N2O3S. The molecule has 1 heterocycles. The Morgan fingerprint density at radius 1 is 1.50 bits per heavy atom. The number of carbonyl (C=O) groups excluding carboxylic acids is 1. The first-order chi connectivity index (χ1) is 8.50. The molecular weight excluding hydrogens is 252 g/mol. The Morgan fingerprint density at radius 3 is 2.67 bits per heavy atom. The summed E-state index contributed by atoms with van der Waals surface area (Å²) in [6.45, 7) is 5.94. The number of nitrogens with one attached hydrogen (secondary N) is 1. The van der Waals surface area contributed by atoms with Crippen molar-refractivity contribution in [3.05, 3.63) is 12.2 Å². The zero-order valence-electron chi connectivity index (χ0n) is 10.4. The van der Waals surface area contributed by atoms with Crippen molar-refractivity contribution in [1.29, 1.82) is 0 Å². The molecule has 1 saturated carbocycles. The van der Waals surface area contributed by atoms with E-state index in [-0.39, 0.29) is 11.4 Å². The van der Waals surface area contributed by atoms with Crippen LogP contribution in [0.15, 0.2) is 12.2 Å². The maximum absolute atomic E-state index is 12.1. The van der Waals surface area contributed by atoms with Crippen molar-refractivity contribution in [2.24, 2.45) is 5.92 Å². The molecule has 0 radical (unpaired) electrons. The van der Waals surface area contributed by atoms with Crippen molar-refractivity contribution in [1.82, 2.24) is 10.2 Å². The highest BCUT2D eigenvalue weighted by Gasteiger charge is 2.47. The molecule has 100 valence electrons. The molecule has 1 saturated heterocycles. The third-order valence-electron chi connectivity index (χ3n) is 3.12. The van der Waals surface area contributed by atoms with Crippen LogP contribution in [0.4, 0.5) is 4.79 Å². The monoisotopic (exact) mass is 270 g/mol. The second-order valence-electron chi connectivity index (χ2n) is 4.94. The van der Waals surface area contributed by atoms with E-state index in [2.05, 4.69) is 11.9 Å². The van der Waals surface area contributed by atoms with E-state index in [0.29, 0.717) is 18.2 Å². The Labute approximate surface area is 111 Å². The molecule has 1 aliphatic carbocycles. The third kappa shape index (κ3) is 2.80. The quantitative estimate of drug-likeness (QED) is 0.760. The number of nitrogens with zero attached hydrogens (tertiary/aromatic N) is 1. The van der Waals surface area contributed by atoms with Gasteiger partial charge < -0.3 is 10.4 Å². The molecule has 0 spiro atoms. The van der Waals surface area contributed by atoms with Crippen molar-refractivity contribution in [2.45, 2.75) is 31.2 Å². The van der Waals surface area contributed by atoms with Crippen molar-refractivity contribution in [3.8, 4) is 0 Å². The average Bonchev–Trinajstić information content (AvgIpc) is 3.04. The summed E-state index contributed by atoms with van der Waals surface area (Å²) in [5.74, 6) is 0.0304. The van der Waals surface area contributed by atoms with E-state index in [9.17, 15) is 14.7 Å². The molecule has 0 aromatic carbocycles. The zero-order valence-corrected chi connectivity index (χ0v) is 11.2. The van der Waals surface area contributed by atoms with Gasteiger partial charge in [0, 0.05) is 12.3 Å². The Hall–Kier alpha value is -1.17. The molecule has 2 unspecified atom stereocenters. The number of carbonyl (C=O) groups is 2. The summed E-state index contributed by atoms with van der Waals surface area (Å²) in [6.07, 6.45) is 2.18. The molecule has 0 aromatic rings. The van der Waals surface area contributed by atoms with Crippen molar-refractivity contribution in [2.75, 3.05) is 12.3 Å². The van der Waals surface area contributed by atoms with E-state index >= 15 is 0 Å². The normalized spacial score (nSPS) is 27.1. The Bertz CT molecular complexity index is 382. The molecule has 5 nitrogen and oxygen atoms in total. The van der Waals surface area contributed by atoms with Crippen LogP contribution in [0.25, 0.3) is 0 Å². The van der Waals surface area contributed by atoms with Gasteiger partial charge in [0.25, 0.3) is 0 Å². The zero-order chi connectivity index (χ0) is 13.3. The van der Waals surface area contributed by atoms with Gasteiger partial charge in [-0.3, -0.25) is 4.90 Å². The van der Waals surface area contributed by atoms with Crippen LogP contribution >= 0.6 is 11.8 Å². The molecule has 2 atom stereocenters. The lowest BCUT2D eigenvalue weighted by molar-refractivity contribution is -0.141. The van der Waals surface area contributed by atoms with E-state index in [1.165, 1.54) is 4.90 Å². The molecule has 0 aromatic heterocycles. The number of rotatable bonds is 4. The van der Waals surface area contributed by atoms with Crippen molar-refractivity contribution in [3.63, 3.8) is 0 Å². The molecule has 18 heavy (non-hydrogen) atoms. The summed E-state index contributed by atoms with van der Waals surface area (Å²) in [6, 6.07) is -0.988. The van der Waals surface area contributed by atoms with E-state index in [4.69, 9.17) is 0 Å². The lowest BCUT2D eigenvalue weighted by Crippen LogP contribution is -2.51. The van der Waals surface area contributed by atoms with Crippen LogP contribution in [-0.4, -0.2) is 45.7 Å². The highest BCUT2D eigenvalue weighted by molar-refractivity contribution is 8.00. The Kier molecular flexibility index (Phi) is 3.85. The van der Waals surface area contributed by atoms with Crippen molar-refractivity contribution >= 4 is 23.8 Å². The maximum Gasteiger partial charge on any atom is 0.327 e. The van der Waals surface area contributed by atoms with Gasteiger partial charge in [-0.05, 0) is 25.7 Å². The van der Waals surface area contributed by atoms with Gasteiger partial charge >= 0.3 is 12.0 Å². The van der Waals surface area contributed by atoms with Gasteiger partial charge in [0.1, 0.15) is 6.04 Å². The first-order valence-electron chi connectivity index (χ1n) is 6.05. The largest absolute Gasteiger partial charge is 0.480 e. The first-order valence-corrected chi connectivity index (χ1v) is 7.10. The minimum atomic E-state index is -0.920. The van der Waals surface area contributed by atoms with Crippen LogP contribution in [0, 0.1) is 5.92 Å². The van der Waals surface area contributed by atoms with Gasteiger partial charge in [-0.15, -0.1) is 11.8 Å². The highest BCUT2D eigenvalue weighted by Crippen LogP contribution is 2.45. The number of hydrogen-bond acceptors (Lipinski definition) is 3. The van der Waals surface area contributed by atoms with Crippen molar-refractivity contribution < 1.29 is 14.7 Å². The van der Waals surface area contributed by atoms with E-state index < -0.39 is 12.0 Å². The highest BCUT2D eigenvalue weighted by atomic mass is 32.2. The number of amides is 2. The first kappa shape index (κ1) is 13.3. The number of thioether (sulfide) groups is 1. The number of urea groups is 1. The number of hydrogen-bond donors (Lipinski definition) is 2. The molecule has 0 bridgehead atoms. The summed E-state index contributed by atoms with van der Waals surface area (Å²) in [4.78, 5) is 24.8. The number of carboxylic acids is 1. The topological polar surface area (TPSA) is 69.6 Å². The molecule has 2 N–H and O–H groups in total. The smallest absolute Gasteiger partial charge is 0.327 e. The number of carboxylic acid groups (broad SMARTS) is 1. The van der Waals surface area contributed by atoms with E-state index in [1.807, 2.05) is 6.92 Å². The fourth-order valence-electron chi connectivity index (χ4n) is 2.04. The summed E-state index contributed by atoms with van der Waals surface area (Å²) in [5, 5.41) is 11.9. The summed E-state index contributed by atoms with van der Waals surface area (Å²) in [7, 11) is 0. The van der Waals surface area contributed by atoms with Gasteiger partial charge in [-0.2, -0.15) is 0 Å². The van der Waals surface area contributed by atoms with Crippen LogP contribution in [0.1, 0.15) is 19.8 Å². The standard InChI is InChI=1S/C12H18N2O3S/c1-7(2)5-13-12(17)14-9(11(15)16)6-18-10(14)8-3-4-8/h8-10H,1,3-6H2,2H3,(H,13,17)(H,15,16). The molecule has 2 amide bonds. The fraction of sp³-hybridized carbons (Fsp3) is 0.667. The molecule has 2 aliphatic rings. The lowest BCUT2D eigenvalue weighted by Gasteiger charge is -2.27. The second kappa shape index (κ2) is 5.22.